The monoisotopic (exact) mass is 379 g/mol. The lowest BCUT2D eigenvalue weighted by molar-refractivity contribution is 0.101. The predicted molar refractivity (Wildman–Crippen MR) is 99.6 cm³/mol. The molecule has 0 atom stereocenters. The maximum absolute atomic E-state index is 12.6. The Bertz CT molecular complexity index is 867. The minimum absolute atomic E-state index is 0.166. The second-order valence-electron chi connectivity index (χ2n) is 5.97. The molecule has 1 amide bonds. The Morgan fingerprint density at radius 2 is 1.80 bits per heavy atom. The summed E-state index contributed by atoms with van der Waals surface area (Å²) >= 11 is 1.63. The number of aryl methyl sites for hydroxylation is 1. The Morgan fingerprint density at radius 3 is 2.40 bits per heavy atom. The van der Waals surface area contributed by atoms with Crippen LogP contribution < -0.4 is 5.32 Å². The summed E-state index contributed by atoms with van der Waals surface area (Å²) < 4.78 is 28.3. The van der Waals surface area contributed by atoms with Crippen molar-refractivity contribution in [2.45, 2.75) is 22.6 Å². The Balaban J connectivity index is 1.80. The number of nitrogens with one attached hydrogen (secondary N) is 1. The van der Waals surface area contributed by atoms with Crippen LogP contribution in [0, 0.1) is 0 Å². The molecule has 3 rings (SSSR count). The summed E-state index contributed by atoms with van der Waals surface area (Å²) in [7, 11) is -1.85. The average molecular weight is 380 g/mol. The van der Waals surface area contributed by atoms with Gasteiger partial charge in [0.2, 0.25) is 10.0 Å². The van der Waals surface area contributed by atoms with Crippen LogP contribution in [0.5, 0.6) is 0 Å². The molecule has 0 spiro atoms. The molecule has 2 aromatic rings. The quantitative estimate of drug-likeness (QED) is 0.811. The van der Waals surface area contributed by atoms with E-state index in [1.54, 1.807) is 23.4 Å². The van der Waals surface area contributed by atoms with Gasteiger partial charge in [0.25, 0.3) is 5.91 Å². The van der Waals surface area contributed by atoms with Crippen LogP contribution in [0.15, 0.2) is 46.3 Å². The summed E-state index contributed by atoms with van der Waals surface area (Å²) in [5, 5.41) is 2.81. The standard InChI is InChI=1S/C17H21N3O3S2/c1-19-12-15(25(22,23)20-9-3-4-10-20)11-16(19)17(21)18-13-5-7-14(24-2)8-6-13/h5-8,11-12H,3-4,9-10H2,1-2H3,(H,18,21). The van der Waals surface area contributed by atoms with Crippen molar-refractivity contribution in [1.29, 1.82) is 0 Å². The molecule has 1 fully saturated rings. The third kappa shape index (κ3) is 3.75. The SMILES string of the molecule is CSc1ccc(NC(=O)c2cc(S(=O)(=O)N3CCCC3)cn2C)cc1. The number of aromatic nitrogens is 1. The van der Waals surface area contributed by atoms with Gasteiger partial charge in [-0.25, -0.2) is 8.42 Å². The first-order chi connectivity index (χ1) is 11.9. The fourth-order valence-corrected chi connectivity index (χ4v) is 4.85. The fraction of sp³-hybridized carbons (Fsp3) is 0.353. The van der Waals surface area contributed by atoms with Crippen LogP contribution in [0.3, 0.4) is 0 Å². The first-order valence-electron chi connectivity index (χ1n) is 8.04. The minimum Gasteiger partial charge on any atom is -0.345 e. The van der Waals surface area contributed by atoms with Gasteiger partial charge in [-0.05, 0) is 49.4 Å². The first-order valence-corrected chi connectivity index (χ1v) is 10.7. The van der Waals surface area contributed by atoms with E-state index in [9.17, 15) is 13.2 Å². The lowest BCUT2D eigenvalue weighted by atomic mass is 10.3. The number of sulfonamides is 1. The molecule has 1 aliphatic heterocycles. The summed E-state index contributed by atoms with van der Waals surface area (Å²) in [6, 6.07) is 8.95. The van der Waals surface area contributed by atoms with Crippen LogP contribution in [-0.2, 0) is 17.1 Å². The molecule has 8 heteroatoms. The number of amides is 1. The number of nitrogens with zero attached hydrogens (tertiary/aromatic N) is 2. The second-order valence-corrected chi connectivity index (χ2v) is 8.78. The zero-order valence-corrected chi connectivity index (χ0v) is 15.9. The van der Waals surface area contributed by atoms with E-state index in [0.717, 1.165) is 17.7 Å². The van der Waals surface area contributed by atoms with Crippen molar-refractivity contribution in [3.05, 3.63) is 42.2 Å². The molecule has 0 bridgehead atoms. The van der Waals surface area contributed by atoms with Gasteiger partial charge in [-0.1, -0.05) is 0 Å². The maximum atomic E-state index is 12.6. The Hall–Kier alpha value is -1.77. The summed E-state index contributed by atoms with van der Waals surface area (Å²) in [5.41, 5.74) is 0.986. The predicted octanol–water partition coefficient (Wildman–Crippen LogP) is 2.78. The van der Waals surface area contributed by atoms with E-state index in [0.29, 0.717) is 24.5 Å². The smallest absolute Gasteiger partial charge is 0.272 e. The van der Waals surface area contributed by atoms with Crippen molar-refractivity contribution in [3.63, 3.8) is 0 Å². The van der Waals surface area contributed by atoms with Gasteiger partial charge >= 0.3 is 0 Å². The Kier molecular flexibility index (Phi) is 5.21. The highest BCUT2D eigenvalue weighted by Crippen LogP contribution is 2.23. The highest BCUT2D eigenvalue weighted by molar-refractivity contribution is 7.98. The van der Waals surface area contributed by atoms with Gasteiger partial charge in [0.05, 0.1) is 0 Å². The number of anilines is 1. The fourth-order valence-electron chi connectivity index (χ4n) is 2.85. The van der Waals surface area contributed by atoms with E-state index >= 15 is 0 Å². The molecule has 0 aliphatic carbocycles. The van der Waals surface area contributed by atoms with Gasteiger partial charge in [0.15, 0.2) is 0 Å². The Labute approximate surface area is 152 Å². The first kappa shape index (κ1) is 18.0. The topological polar surface area (TPSA) is 71.4 Å². The van der Waals surface area contributed by atoms with Crippen LogP contribution in [0.25, 0.3) is 0 Å². The van der Waals surface area contributed by atoms with Gasteiger partial charge in [-0.2, -0.15) is 4.31 Å². The summed E-state index contributed by atoms with van der Waals surface area (Å²) in [6.07, 6.45) is 5.25. The van der Waals surface area contributed by atoms with Crippen molar-refractivity contribution >= 4 is 33.4 Å². The number of carbonyl (C=O) groups is 1. The Morgan fingerprint density at radius 1 is 1.16 bits per heavy atom. The molecule has 0 saturated carbocycles. The van der Waals surface area contributed by atoms with Crippen molar-refractivity contribution in [2.75, 3.05) is 24.7 Å². The van der Waals surface area contributed by atoms with Crippen molar-refractivity contribution in [1.82, 2.24) is 8.87 Å². The van der Waals surface area contributed by atoms with Crippen LogP contribution >= 0.6 is 11.8 Å². The molecule has 1 aliphatic rings. The lowest BCUT2D eigenvalue weighted by Gasteiger charge is -2.13. The molecule has 0 radical (unpaired) electrons. The van der Waals surface area contributed by atoms with E-state index in [-0.39, 0.29) is 10.8 Å². The normalized spacial score (nSPS) is 15.4. The summed E-state index contributed by atoms with van der Waals surface area (Å²) in [4.78, 5) is 13.8. The molecule has 1 saturated heterocycles. The van der Waals surface area contributed by atoms with Crippen molar-refractivity contribution < 1.29 is 13.2 Å². The average Bonchev–Trinajstić information content (AvgIpc) is 3.25. The molecule has 25 heavy (non-hydrogen) atoms. The van der Waals surface area contributed by atoms with Crippen LogP contribution in [0.2, 0.25) is 0 Å². The van der Waals surface area contributed by atoms with E-state index in [1.807, 2.05) is 30.5 Å². The molecule has 1 N–H and O–H groups in total. The molecule has 0 unspecified atom stereocenters. The molecule has 134 valence electrons. The largest absolute Gasteiger partial charge is 0.345 e. The molecule has 6 nitrogen and oxygen atoms in total. The molecular formula is C17H21N3O3S2. The number of hydrogen-bond donors (Lipinski definition) is 1. The number of hydrogen-bond acceptors (Lipinski definition) is 4. The molecule has 1 aromatic carbocycles. The number of benzene rings is 1. The third-order valence-electron chi connectivity index (χ3n) is 4.26. The van der Waals surface area contributed by atoms with Gasteiger partial charge in [0.1, 0.15) is 10.6 Å². The highest BCUT2D eigenvalue weighted by Gasteiger charge is 2.29. The van der Waals surface area contributed by atoms with Crippen LogP contribution in [0.1, 0.15) is 23.3 Å². The zero-order chi connectivity index (χ0) is 18.0. The van der Waals surface area contributed by atoms with Gasteiger partial charge in [0, 0.05) is 36.9 Å². The summed E-state index contributed by atoms with van der Waals surface area (Å²) in [6.45, 7) is 1.08. The highest BCUT2D eigenvalue weighted by atomic mass is 32.2. The van der Waals surface area contributed by atoms with Gasteiger partial charge < -0.3 is 9.88 Å². The second kappa shape index (κ2) is 7.23. The van der Waals surface area contributed by atoms with Gasteiger partial charge in [-0.3, -0.25) is 4.79 Å². The summed E-state index contributed by atoms with van der Waals surface area (Å²) in [5.74, 6) is -0.331. The maximum Gasteiger partial charge on any atom is 0.272 e. The lowest BCUT2D eigenvalue weighted by Crippen LogP contribution is -2.27. The van der Waals surface area contributed by atoms with E-state index < -0.39 is 10.0 Å². The van der Waals surface area contributed by atoms with E-state index in [1.165, 1.54) is 16.6 Å². The number of thioether (sulfide) groups is 1. The zero-order valence-electron chi connectivity index (χ0n) is 14.2. The molecule has 2 heterocycles. The number of rotatable bonds is 5. The van der Waals surface area contributed by atoms with Crippen molar-refractivity contribution in [3.8, 4) is 0 Å². The minimum atomic E-state index is -3.53. The van der Waals surface area contributed by atoms with Crippen LogP contribution in [0.4, 0.5) is 5.69 Å². The van der Waals surface area contributed by atoms with E-state index in [4.69, 9.17) is 0 Å². The molecule has 1 aromatic heterocycles. The van der Waals surface area contributed by atoms with Crippen LogP contribution in [-0.4, -0.2) is 42.5 Å². The van der Waals surface area contributed by atoms with Gasteiger partial charge in [-0.15, -0.1) is 11.8 Å². The molecular weight excluding hydrogens is 358 g/mol. The third-order valence-corrected chi connectivity index (χ3v) is 6.87. The van der Waals surface area contributed by atoms with E-state index in [2.05, 4.69) is 5.32 Å². The number of carbonyl (C=O) groups excluding carboxylic acids is 1. The van der Waals surface area contributed by atoms with Crippen molar-refractivity contribution in [2.24, 2.45) is 7.05 Å².